The lowest BCUT2D eigenvalue weighted by molar-refractivity contribution is -0.274. The summed E-state index contributed by atoms with van der Waals surface area (Å²) in [6.45, 7) is 1.86. The number of carbonyl (C=O) groups is 1. The summed E-state index contributed by atoms with van der Waals surface area (Å²) in [6.07, 6.45) is -4.83. The van der Waals surface area contributed by atoms with Gasteiger partial charge in [-0.1, -0.05) is 6.07 Å². The molecule has 2 amide bonds. The van der Waals surface area contributed by atoms with Gasteiger partial charge in [0, 0.05) is 30.1 Å². The summed E-state index contributed by atoms with van der Waals surface area (Å²) < 4.78 is 40.5. The number of carbonyl (C=O) groups excluding carboxylic acids is 1. The van der Waals surface area contributed by atoms with Crippen molar-refractivity contribution >= 4 is 23.5 Å². The molecule has 0 saturated carbocycles. The van der Waals surface area contributed by atoms with Crippen LogP contribution < -0.4 is 20.7 Å². The molecular weight excluding hydrogens is 355 g/mol. The first-order valence-electron chi connectivity index (χ1n) is 7.39. The number of rotatable bonds is 6. The van der Waals surface area contributed by atoms with Gasteiger partial charge in [-0.05, 0) is 19.1 Å². The normalized spacial score (nSPS) is 11.0. The van der Waals surface area contributed by atoms with Crippen molar-refractivity contribution in [2.45, 2.75) is 13.3 Å². The lowest BCUT2D eigenvalue weighted by Crippen LogP contribution is -2.22. The first-order chi connectivity index (χ1) is 12.2. The van der Waals surface area contributed by atoms with Gasteiger partial charge in [0.15, 0.2) is 0 Å². The van der Waals surface area contributed by atoms with Gasteiger partial charge in [0.25, 0.3) is 0 Å². The standard InChI is InChI=1S/C15H16F3N5O3/c1-9-7-12(19-5-6-24)22-13(20-9)23-14(25)21-10-3-2-4-11(8-10)26-15(16,17)18/h2-4,7-8,24H,5-6H2,1H3,(H3,19,20,21,22,23,25). The number of ether oxygens (including phenoxy) is 1. The molecule has 0 aliphatic heterocycles. The molecule has 0 aliphatic carbocycles. The van der Waals surface area contributed by atoms with Crippen molar-refractivity contribution in [3.63, 3.8) is 0 Å². The number of urea groups is 1. The first-order valence-corrected chi connectivity index (χ1v) is 7.39. The molecule has 2 rings (SSSR count). The summed E-state index contributed by atoms with van der Waals surface area (Å²) in [4.78, 5) is 20.1. The van der Waals surface area contributed by atoms with Crippen molar-refractivity contribution in [2.75, 3.05) is 29.1 Å². The number of aliphatic hydroxyl groups excluding tert-OH is 1. The smallest absolute Gasteiger partial charge is 0.406 e. The molecule has 0 aliphatic rings. The molecule has 4 N–H and O–H groups in total. The SMILES string of the molecule is Cc1cc(NCCO)nc(NC(=O)Nc2cccc(OC(F)(F)F)c2)n1. The summed E-state index contributed by atoms with van der Waals surface area (Å²) in [5.74, 6) is -0.0642. The van der Waals surface area contributed by atoms with Crippen molar-refractivity contribution in [2.24, 2.45) is 0 Å². The molecule has 140 valence electrons. The zero-order valence-corrected chi connectivity index (χ0v) is 13.6. The molecule has 1 aromatic heterocycles. The Bertz CT molecular complexity index is 770. The van der Waals surface area contributed by atoms with Crippen molar-refractivity contribution in [3.05, 3.63) is 36.0 Å². The summed E-state index contributed by atoms with van der Waals surface area (Å²) >= 11 is 0. The van der Waals surface area contributed by atoms with Crippen molar-refractivity contribution < 1.29 is 27.8 Å². The Labute approximate surface area is 146 Å². The first kappa shape index (κ1) is 19.2. The Kier molecular flexibility index (Phi) is 6.17. The maximum atomic E-state index is 12.2. The van der Waals surface area contributed by atoms with Gasteiger partial charge in [-0.2, -0.15) is 4.98 Å². The van der Waals surface area contributed by atoms with E-state index in [1.165, 1.54) is 12.1 Å². The largest absolute Gasteiger partial charge is 0.573 e. The number of anilines is 3. The number of hydrogen-bond donors (Lipinski definition) is 4. The van der Waals surface area contributed by atoms with Crippen LogP contribution in [0.4, 0.5) is 35.4 Å². The highest BCUT2D eigenvalue weighted by Gasteiger charge is 2.31. The number of halogens is 3. The maximum Gasteiger partial charge on any atom is 0.573 e. The van der Waals surface area contributed by atoms with Crippen LogP contribution in [0.5, 0.6) is 5.75 Å². The van der Waals surface area contributed by atoms with E-state index < -0.39 is 18.1 Å². The van der Waals surface area contributed by atoms with E-state index in [9.17, 15) is 18.0 Å². The van der Waals surface area contributed by atoms with Crippen LogP contribution in [0.15, 0.2) is 30.3 Å². The quantitative estimate of drug-likeness (QED) is 0.622. The maximum absolute atomic E-state index is 12.2. The molecule has 1 aromatic carbocycles. The number of alkyl halides is 3. The van der Waals surface area contributed by atoms with E-state index in [0.717, 1.165) is 12.1 Å². The molecule has 0 bridgehead atoms. The van der Waals surface area contributed by atoms with Gasteiger partial charge in [-0.3, -0.25) is 5.32 Å². The average Bonchev–Trinajstić information content (AvgIpc) is 2.51. The van der Waals surface area contributed by atoms with Crippen LogP contribution in [0.2, 0.25) is 0 Å². The Morgan fingerprint density at radius 2 is 2.00 bits per heavy atom. The molecule has 26 heavy (non-hydrogen) atoms. The van der Waals surface area contributed by atoms with Gasteiger partial charge in [0.2, 0.25) is 5.95 Å². The van der Waals surface area contributed by atoms with E-state index >= 15 is 0 Å². The van der Waals surface area contributed by atoms with E-state index in [4.69, 9.17) is 5.11 Å². The highest BCUT2D eigenvalue weighted by Crippen LogP contribution is 2.25. The molecule has 0 unspecified atom stereocenters. The zero-order valence-electron chi connectivity index (χ0n) is 13.6. The topological polar surface area (TPSA) is 108 Å². The third-order valence-corrected chi connectivity index (χ3v) is 2.82. The predicted molar refractivity (Wildman–Crippen MR) is 88.1 cm³/mol. The molecule has 0 fully saturated rings. The minimum atomic E-state index is -4.83. The van der Waals surface area contributed by atoms with E-state index in [1.54, 1.807) is 13.0 Å². The summed E-state index contributed by atoms with van der Waals surface area (Å²) in [6, 6.07) is 5.71. The summed E-state index contributed by atoms with van der Waals surface area (Å²) in [5, 5.41) is 16.4. The number of aliphatic hydroxyl groups is 1. The van der Waals surface area contributed by atoms with E-state index in [1.807, 2.05) is 0 Å². The summed E-state index contributed by atoms with van der Waals surface area (Å²) in [7, 11) is 0. The number of benzene rings is 1. The Hall–Kier alpha value is -3.08. The number of aryl methyl sites for hydroxylation is 1. The minimum absolute atomic E-state index is 0.00867. The predicted octanol–water partition coefficient (Wildman–Crippen LogP) is 2.73. The molecule has 0 spiro atoms. The lowest BCUT2D eigenvalue weighted by atomic mass is 10.3. The highest BCUT2D eigenvalue weighted by atomic mass is 19.4. The molecule has 8 nitrogen and oxygen atoms in total. The zero-order chi connectivity index (χ0) is 19.2. The van der Waals surface area contributed by atoms with Crippen LogP contribution in [-0.2, 0) is 0 Å². The van der Waals surface area contributed by atoms with Gasteiger partial charge >= 0.3 is 12.4 Å². The van der Waals surface area contributed by atoms with Crippen molar-refractivity contribution in [3.8, 4) is 5.75 Å². The second kappa shape index (κ2) is 8.34. The highest BCUT2D eigenvalue weighted by molar-refractivity contribution is 5.98. The number of hydrogen-bond acceptors (Lipinski definition) is 6. The molecule has 2 aromatic rings. The minimum Gasteiger partial charge on any atom is -0.406 e. The number of nitrogens with zero attached hydrogens (tertiary/aromatic N) is 2. The van der Waals surface area contributed by atoms with Crippen LogP contribution in [-0.4, -0.2) is 40.6 Å². The van der Waals surface area contributed by atoms with Gasteiger partial charge in [0.05, 0.1) is 6.61 Å². The molecule has 0 radical (unpaired) electrons. The van der Waals surface area contributed by atoms with Crippen LogP contribution in [0, 0.1) is 6.92 Å². The molecule has 1 heterocycles. The molecule has 11 heteroatoms. The lowest BCUT2D eigenvalue weighted by Gasteiger charge is -2.11. The fraction of sp³-hybridized carbons (Fsp3) is 0.267. The van der Waals surface area contributed by atoms with Gasteiger partial charge in [-0.25, -0.2) is 9.78 Å². The average molecular weight is 371 g/mol. The Morgan fingerprint density at radius 1 is 1.23 bits per heavy atom. The number of amides is 2. The van der Waals surface area contributed by atoms with Crippen LogP contribution in [0.25, 0.3) is 0 Å². The van der Waals surface area contributed by atoms with Crippen LogP contribution in [0.3, 0.4) is 0 Å². The molecule has 0 atom stereocenters. The molecular formula is C15H16F3N5O3. The van der Waals surface area contributed by atoms with E-state index in [2.05, 4.69) is 30.7 Å². The molecule has 0 saturated heterocycles. The van der Waals surface area contributed by atoms with Gasteiger partial charge in [-0.15, -0.1) is 13.2 Å². The van der Waals surface area contributed by atoms with Crippen LogP contribution in [0.1, 0.15) is 5.69 Å². The van der Waals surface area contributed by atoms with Crippen molar-refractivity contribution in [1.82, 2.24) is 9.97 Å². The van der Waals surface area contributed by atoms with Gasteiger partial charge < -0.3 is 20.5 Å². The second-order valence-electron chi connectivity index (χ2n) is 5.02. The monoisotopic (exact) mass is 371 g/mol. The van der Waals surface area contributed by atoms with E-state index in [0.29, 0.717) is 11.5 Å². The Morgan fingerprint density at radius 3 is 2.69 bits per heavy atom. The van der Waals surface area contributed by atoms with Crippen LogP contribution >= 0.6 is 0 Å². The van der Waals surface area contributed by atoms with E-state index in [-0.39, 0.29) is 24.8 Å². The fourth-order valence-corrected chi connectivity index (χ4v) is 1.93. The number of aromatic nitrogens is 2. The second-order valence-corrected chi connectivity index (χ2v) is 5.02. The third-order valence-electron chi connectivity index (χ3n) is 2.82. The van der Waals surface area contributed by atoms with Gasteiger partial charge in [0.1, 0.15) is 11.6 Å². The van der Waals surface area contributed by atoms with Crippen molar-refractivity contribution in [1.29, 1.82) is 0 Å². The Balaban J connectivity index is 2.02. The third kappa shape index (κ3) is 6.43. The number of nitrogens with one attached hydrogen (secondary N) is 3. The fourth-order valence-electron chi connectivity index (χ4n) is 1.93. The summed E-state index contributed by atoms with van der Waals surface area (Å²) in [5.41, 5.74) is 0.659.